The molecule has 164 valence electrons. The number of nitrogens with zero attached hydrogens (tertiary/aromatic N) is 2. The van der Waals surface area contributed by atoms with Crippen LogP contribution in [-0.4, -0.2) is 42.1 Å². The summed E-state index contributed by atoms with van der Waals surface area (Å²) in [6, 6.07) is -0.804. The van der Waals surface area contributed by atoms with Gasteiger partial charge in [-0.1, -0.05) is 29.8 Å². The van der Waals surface area contributed by atoms with E-state index in [1.54, 1.807) is 6.92 Å². The van der Waals surface area contributed by atoms with Crippen LogP contribution < -0.4 is 0 Å². The third-order valence-electron chi connectivity index (χ3n) is 8.80. The first-order valence-electron chi connectivity index (χ1n) is 10.7. The predicted molar refractivity (Wildman–Crippen MR) is 108 cm³/mol. The number of hydrogen-bond acceptors (Lipinski definition) is 8. The molecule has 1 aliphatic heterocycles. The zero-order valence-electron chi connectivity index (χ0n) is 18.3. The lowest BCUT2D eigenvalue weighted by atomic mass is 9.46. The van der Waals surface area contributed by atoms with Crippen molar-refractivity contribution in [3.63, 3.8) is 0 Å². The Kier molecular flexibility index (Phi) is 4.80. The second-order valence-electron chi connectivity index (χ2n) is 10.3. The van der Waals surface area contributed by atoms with E-state index in [4.69, 9.17) is 9.47 Å². The van der Waals surface area contributed by atoms with Gasteiger partial charge >= 0.3 is 5.97 Å². The molecule has 3 aliphatic carbocycles. The van der Waals surface area contributed by atoms with E-state index in [1.165, 1.54) is 6.92 Å². The Morgan fingerprint density at radius 1 is 1.23 bits per heavy atom. The summed E-state index contributed by atoms with van der Waals surface area (Å²) in [4.78, 5) is 50.5. The summed E-state index contributed by atoms with van der Waals surface area (Å²) in [5.41, 5.74) is -1.28. The van der Waals surface area contributed by atoms with Crippen molar-refractivity contribution in [2.75, 3.05) is 6.61 Å². The monoisotopic (exact) mass is 418 g/mol. The maximum atomic E-state index is 14.1. The van der Waals surface area contributed by atoms with Gasteiger partial charge in [0.05, 0.1) is 18.1 Å². The van der Waals surface area contributed by atoms with Crippen LogP contribution in [0.4, 0.5) is 0 Å². The Morgan fingerprint density at radius 2 is 1.93 bits per heavy atom. The van der Waals surface area contributed by atoms with Crippen molar-refractivity contribution < 1.29 is 19.1 Å². The van der Waals surface area contributed by atoms with Crippen LogP contribution in [0.25, 0.3) is 0 Å². The molecule has 2 bridgehead atoms. The number of esters is 1. The molecule has 1 saturated heterocycles. The van der Waals surface area contributed by atoms with Gasteiger partial charge in [0.2, 0.25) is 0 Å². The van der Waals surface area contributed by atoms with Gasteiger partial charge in [-0.05, 0) is 44.6 Å². The summed E-state index contributed by atoms with van der Waals surface area (Å²) >= 11 is 0. The lowest BCUT2D eigenvalue weighted by Gasteiger charge is -2.61. The number of hydrogen-bond donors (Lipinski definition) is 0. The molecule has 0 spiro atoms. The van der Waals surface area contributed by atoms with Crippen LogP contribution in [0.1, 0.15) is 60.3 Å². The molecule has 0 aromatic rings. The van der Waals surface area contributed by atoms with Crippen molar-refractivity contribution in [2.24, 2.45) is 33.0 Å². The van der Waals surface area contributed by atoms with Gasteiger partial charge in [0.25, 0.3) is 0 Å². The van der Waals surface area contributed by atoms with E-state index in [1.807, 2.05) is 20.8 Å². The summed E-state index contributed by atoms with van der Waals surface area (Å²) in [7, 11) is 0. The number of ether oxygens (including phenoxy) is 2. The molecule has 4 aliphatic rings. The first-order chi connectivity index (χ1) is 14.0. The summed E-state index contributed by atoms with van der Waals surface area (Å²) in [5, 5.41) is 7.04. The first kappa shape index (κ1) is 21.3. The third-order valence-corrected chi connectivity index (χ3v) is 8.80. The van der Waals surface area contributed by atoms with Crippen LogP contribution in [-0.2, 0) is 19.1 Å². The quantitative estimate of drug-likeness (QED) is 0.392. The van der Waals surface area contributed by atoms with Crippen molar-refractivity contribution in [3.05, 3.63) is 21.0 Å². The molecule has 4 rings (SSSR count). The van der Waals surface area contributed by atoms with Crippen LogP contribution in [0.3, 0.4) is 0 Å². The zero-order chi connectivity index (χ0) is 22.1. The minimum absolute atomic E-state index is 0.0536. The molecule has 3 fully saturated rings. The number of fused-ring (bicyclic) bond motifs is 5. The van der Waals surface area contributed by atoms with Crippen LogP contribution >= 0.6 is 0 Å². The average molecular weight is 418 g/mol. The fourth-order valence-electron chi connectivity index (χ4n) is 6.77. The highest BCUT2D eigenvalue weighted by molar-refractivity contribution is 5.94. The van der Waals surface area contributed by atoms with E-state index >= 15 is 0 Å². The Bertz CT molecular complexity index is 851. The van der Waals surface area contributed by atoms with E-state index in [2.05, 4.69) is 10.4 Å². The molecule has 8 heteroatoms. The number of nitroso groups, excluding NO2 is 2. The lowest BCUT2D eigenvalue weighted by molar-refractivity contribution is -0.209. The van der Waals surface area contributed by atoms with Crippen molar-refractivity contribution in [1.82, 2.24) is 0 Å². The number of allylic oxidation sites excluding steroid dienone is 1. The standard InChI is InChI=1S/C22H30N2O6/c1-11-6-7-22(24-28)9-14-13-10-29-15(13)8-16(23-27)21(14,5)19(26)18(30-12(2)25)17(11)20(22,3)4/h13-16,18H,6-10H2,1-5H3. The summed E-state index contributed by atoms with van der Waals surface area (Å²) < 4.78 is 11.3. The molecule has 0 aromatic heterocycles. The number of Topliss-reactive ketones (excluding diaryl/α,β-unsaturated/α-hetero) is 1. The fourth-order valence-corrected chi connectivity index (χ4v) is 6.77. The lowest BCUT2D eigenvalue weighted by Crippen LogP contribution is -2.68. The number of carbonyl (C=O) groups excluding carboxylic acids is 2. The zero-order valence-corrected chi connectivity index (χ0v) is 18.3. The van der Waals surface area contributed by atoms with Gasteiger partial charge in [0.15, 0.2) is 11.9 Å². The van der Waals surface area contributed by atoms with Crippen LogP contribution in [0, 0.1) is 32.5 Å². The Labute approximate surface area is 176 Å². The Morgan fingerprint density at radius 3 is 2.47 bits per heavy atom. The molecule has 30 heavy (non-hydrogen) atoms. The molecule has 1 heterocycles. The smallest absolute Gasteiger partial charge is 0.303 e. The second kappa shape index (κ2) is 6.77. The highest BCUT2D eigenvalue weighted by Crippen LogP contribution is 2.62. The molecule has 8 nitrogen and oxygen atoms in total. The molecular formula is C22H30N2O6. The van der Waals surface area contributed by atoms with Crippen molar-refractivity contribution in [1.29, 1.82) is 0 Å². The van der Waals surface area contributed by atoms with Gasteiger partial charge in [-0.2, -0.15) is 9.81 Å². The van der Waals surface area contributed by atoms with Crippen molar-refractivity contribution in [2.45, 2.75) is 84.1 Å². The van der Waals surface area contributed by atoms with E-state index in [0.29, 0.717) is 37.9 Å². The van der Waals surface area contributed by atoms with Crippen LogP contribution in [0.5, 0.6) is 0 Å². The van der Waals surface area contributed by atoms with Gasteiger partial charge in [-0.15, -0.1) is 0 Å². The number of ketones is 1. The van der Waals surface area contributed by atoms with E-state index in [0.717, 1.165) is 5.57 Å². The van der Waals surface area contributed by atoms with E-state index < -0.39 is 34.5 Å². The molecule has 0 amide bonds. The fraction of sp³-hybridized carbons (Fsp3) is 0.818. The maximum Gasteiger partial charge on any atom is 0.303 e. The SMILES string of the molecule is CC(=O)OC1C(=O)C2(C)C(N=O)CC3OCC3C2CC2(N=O)CCC(C)=C1C2(C)C. The molecule has 0 N–H and O–H groups in total. The Hall–Kier alpha value is -1.96. The minimum Gasteiger partial charge on any atom is -0.450 e. The molecule has 2 saturated carbocycles. The summed E-state index contributed by atoms with van der Waals surface area (Å²) in [6.45, 7) is 9.29. The topological polar surface area (TPSA) is 111 Å². The Balaban J connectivity index is 1.98. The molecular weight excluding hydrogens is 388 g/mol. The summed E-state index contributed by atoms with van der Waals surface area (Å²) in [6.07, 6.45) is 0.642. The van der Waals surface area contributed by atoms with Crippen molar-refractivity contribution >= 4 is 11.8 Å². The van der Waals surface area contributed by atoms with Crippen LogP contribution in [0.2, 0.25) is 0 Å². The third kappa shape index (κ3) is 2.55. The normalized spacial score (nSPS) is 44.6. The van der Waals surface area contributed by atoms with Crippen molar-refractivity contribution in [3.8, 4) is 0 Å². The van der Waals surface area contributed by atoms with Gasteiger partial charge < -0.3 is 9.47 Å². The van der Waals surface area contributed by atoms with Gasteiger partial charge in [-0.25, -0.2) is 0 Å². The highest BCUT2D eigenvalue weighted by Gasteiger charge is 2.68. The largest absolute Gasteiger partial charge is 0.450 e. The highest BCUT2D eigenvalue weighted by atomic mass is 16.5. The second-order valence-corrected chi connectivity index (χ2v) is 10.3. The first-order valence-corrected chi connectivity index (χ1v) is 10.7. The molecule has 0 aromatic carbocycles. The van der Waals surface area contributed by atoms with Gasteiger partial charge in [0.1, 0.15) is 11.6 Å². The average Bonchev–Trinajstić information content (AvgIpc) is 2.65. The molecule has 7 atom stereocenters. The van der Waals surface area contributed by atoms with E-state index in [-0.39, 0.29) is 23.7 Å². The van der Waals surface area contributed by atoms with Gasteiger partial charge in [-0.3, -0.25) is 9.59 Å². The minimum atomic E-state index is -1.15. The predicted octanol–water partition coefficient (Wildman–Crippen LogP) is 3.71. The molecule has 0 radical (unpaired) electrons. The maximum absolute atomic E-state index is 14.1. The number of rotatable bonds is 3. The number of carbonyl (C=O) groups is 2. The van der Waals surface area contributed by atoms with Gasteiger partial charge in [0, 0.05) is 24.7 Å². The summed E-state index contributed by atoms with van der Waals surface area (Å²) in [5.74, 6) is -1.11. The molecule has 7 unspecified atom stereocenters. The van der Waals surface area contributed by atoms with E-state index in [9.17, 15) is 19.4 Å². The van der Waals surface area contributed by atoms with Crippen LogP contribution in [0.15, 0.2) is 21.5 Å².